The van der Waals surface area contributed by atoms with Gasteiger partial charge in [-0.1, -0.05) is 22.4 Å². The van der Waals surface area contributed by atoms with Gasteiger partial charge < -0.3 is 5.32 Å². The van der Waals surface area contributed by atoms with Gasteiger partial charge in [0, 0.05) is 10.5 Å². The molecule has 0 amide bonds. The lowest BCUT2D eigenvalue weighted by atomic mass is 9.95. The summed E-state index contributed by atoms with van der Waals surface area (Å²) in [5.41, 5.74) is 1.73. The van der Waals surface area contributed by atoms with Crippen LogP contribution in [-0.4, -0.2) is 6.04 Å². The molecular weight excluding hydrogens is 276 g/mol. The molecule has 0 aliphatic heterocycles. The zero-order valence-electron chi connectivity index (χ0n) is 9.62. The first-order valence-electron chi connectivity index (χ1n) is 6.22. The van der Waals surface area contributed by atoms with E-state index in [1.54, 1.807) is 0 Å². The maximum absolute atomic E-state index is 9.14. The van der Waals surface area contributed by atoms with E-state index in [1.165, 1.54) is 25.7 Å². The van der Waals surface area contributed by atoms with Gasteiger partial charge in [-0.05, 0) is 49.3 Å². The highest BCUT2D eigenvalue weighted by Gasteiger charge is 2.39. The summed E-state index contributed by atoms with van der Waals surface area (Å²) in [7, 11) is 0. The fourth-order valence-electron chi connectivity index (χ4n) is 3.36. The van der Waals surface area contributed by atoms with E-state index < -0.39 is 0 Å². The Morgan fingerprint density at radius 3 is 2.82 bits per heavy atom. The van der Waals surface area contributed by atoms with Gasteiger partial charge in [0.05, 0.1) is 11.3 Å². The van der Waals surface area contributed by atoms with Gasteiger partial charge in [-0.25, -0.2) is 0 Å². The summed E-state index contributed by atoms with van der Waals surface area (Å²) in [4.78, 5) is 0. The molecule has 0 saturated heterocycles. The van der Waals surface area contributed by atoms with Crippen LogP contribution in [-0.2, 0) is 0 Å². The summed E-state index contributed by atoms with van der Waals surface area (Å²) >= 11 is 3.40. The molecule has 0 aromatic heterocycles. The minimum absolute atomic E-state index is 0.585. The standard InChI is InChI=1S/C14H15BrN2/c15-12-3-4-13(11(7-12)8-16)17-14-6-9-1-2-10(14)5-9/h3-4,7,9-10,14,17H,1-2,5-6H2. The fraction of sp³-hybridized carbons (Fsp3) is 0.500. The van der Waals surface area contributed by atoms with Crippen LogP contribution in [0.3, 0.4) is 0 Å². The topological polar surface area (TPSA) is 35.8 Å². The predicted molar refractivity (Wildman–Crippen MR) is 71.7 cm³/mol. The Kier molecular flexibility index (Phi) is 2.84. The Bertz CT molecular complexity index is 478. The Balaban J connectivity index is 1.79. The number of nitrogens with one attached hydrogen (secondary N) is 1. The predicted octanol–water partition coefficient (Wildman–Crippen LogP) is 3.92. The number of nitrogens with zero attached hydrogens (tertiary/aromatic N) is 1. The average Bonchev–Trinajstić information content (AvgIpc) is 2.93. The molecule has 0 radical (unpaired) electrons. The van der Waals surface area contributed by atoms with Crippen molar-refractivity contribution in [2.75, 3.05) is 5.32 Å². The van der Waals surface area contributed by atoms with Gasteiger partial charge in [-0.2, -0.15) is 5.26 Å². The van der Waals surface area contributed by atoms with Gasteiger partial charge in [0.15, 0.2) is 0 Å². The summed E-state index contributed by atoms with van der Waals surface area (Å²) in [5.74, 6) is 1.76. The van der Waals surface area contributed by atoms with Crippen LogP contribution in [0.25, 0.3) is 0 Å². The molecule has 2 saturated carbocycles. The second-order valence-corrected chi connectivity index (χ2v) is 6.14. The van der Waals surface area contributed by atoms with Gasteiger partial charge in [0.25, 0.3) is 0 Å². The molecule has 17 heavy (non-hydrogen) atoms. The largest absolute Gasteiger partial charge is 0.381 e. The Morgan fingerprint density at radius 1 is 1.29 bits per heavy atom. The number of rotatable bonds is 2. The van der Waals surface area contributed by atoms with Crippen LogP contribution in [0.15, 0.2) is 22.7 Å². The summed E-state index contributed by atoms with van der Waals surface area (Å²) in [6.07, 6.45) is 5.44. The number of fused-ring (bicyclic) bond motifs is 2. The zero-order chi connectivity index (χ0) is 11.8. The van der Waals surface area contributed by atoms with E-state index in [0.717, 1.165) is 27.6 Å². The molecule has 0 heterocycles. The van der Waals surface area contributed by atoms with E-state index in [2.05, 4.69) is 27.3 Å². The molecule has 1 N–H and O–H groups in total. The van der Waals surface area contributed by atoms with Crippen molar-refractivity contribution in [3.63, 3.8) is 0 Å². The van der Waals surface area contributed by atoms with Crippen molar-refractivity contribution >= 4 is 21.6 Å². The third-order valence-electron chi connectivity index (χ3n) is 4.18. The van der Waals surface area contributed by atoms with Gasteiger partial charge in [0.2, 0.25) is 0 Å². The molecule has 1 aromatic carbocycles. The fourth-order valence-corrected chi connectivity index (χ4v) is 3.72. The lowest BCUT2D eigenvalue weighted by molar-refractivity contribution is 0.440. The normalized spacial score (nSPS) is 30.2. The second kappa shape index (κ2) is 4.34. The Labute approximate surface area is 110 Å². The van der Waals surface area contributed by atoms with E-state index in [4.69, 9.17) is 5.26 Å². The first-order chi connectivity index (χ1) is 8.26. The van der Waals surface area contributed by atoms with Gasteiger partial charge in [-0.15, -0.1) is 0 Å². The van der Waals surface area contributed by atoms with Gasteiger partial charge in [-0.3, -0.25) is 0 Å². The van der Waals surface area contributed by atoms with Crippen LogP contribution < -0.4 is 5.32 Å². The Hall–Kier alpha value is -1.01. The first kappa shape index (κ1) is 11.1. The monoisotopic (exact) mass is 290 g/mol. The number of benzene rings is 1. The van der Waals surface area contributed by atoms with Gasteiger partial charge >= 0.3 is 0 Å². The number of anilines is 1. The van der Waals surface area contributed by atoms with Crippen molar-refractivity contribution in [1.82, 2.24) is 0 Å². The lowest BCUT2D eigenvalue weighted by Crippen LogP contribution is -2.26. The van der Waals surface area contributed by atoms with Crippen molar-refractivity contribution in [2.24, 2.45) is 11.8 Å². The molecule has 2 fully saturated rings. The quantitative estimate of drug-likeness (QED) is 0.896. The van der Waals surface area contributed by atoms with Crippen LogP contribution in [0.1, 0.15) is 31.2 Å². The maximum atomic E-state index is 9.14. The van der Waals surface area contributed by atoms with Crippen molar-refractivity contribution in [3.05, 3.63) is 28.2 Å². The molecule has 2 aliphatic rings. The van der Waals surface area contributed by atoms with Crippen molar-refractivity contribution in [3.8, 4) is 6.07 Å². The summed E-state index contributed by atoms with van der Waals surface area (Å²) in [6.45, 7) is 0. The van der Waals surface area contributed by atoms with Crippen LogP contribution in [0, 0.1) is 23.2 Å². The number of nitriles is 1. The molecule has 3 heteroatoms. The number of hydrogen-bond donors (Lipinski definition) is 1. The van der Waals surface area contributed by atoms with E-state index >= 15 is 0 Å². The van der Waals surface area contributed by atoms with E-state index in [9.17, 15) is 0 Å². The summed E-state index contributed by atoms with van der Waals surface area (Å²) in [6, 6.07) is 8.74. The van der Waals surface area contributed by atoms with Crippen LogP contribution in [0.4, 0.5) is 5.69 Å². The molecule has 0 spiro atoms. The molecule has 2 bridgehead atoms. The van der Waals surface area contributed by atoms with Gasteiger partial charge in [0.1, 0.15) is 6.07 Å². The third-order valence-corrected chi connectivity index (χ3v) is 4.67. The minimum Gasteiger partial charge on any atom is -0.381 e. The second-order valence-electron chi connectivity index (χ2n) is 5.23. The molecule has 3 rings (SSSR count). The smallest absolute Gasteiger partial charge is 0.101 e. The van der Waals surface area contributed by atoms with E-state index in [-0.39, 0.29) is 0 Å². The molecule has 1 aromatic rings. The molecule has 3 unspecified atom stereocenters. The SMILES string of the molecule is N#Cc1cc(Br)ccc1NC1CC2CCC1C2. The number of halogens is 1. The molecule has 3 atom stereocenters. The molecule has 2 aliphatic carbocycles. The van der Waals surface area contributed by atoms with Crippen molar-refractivity contribution < 1.29 is 0 Å². The number of hydrogen-bond acceptors (Lipinski definition) is 2. The summed E-state index contributed by atoms with van der Waals surface area (Å²) in [5, 5.41) is 12.7. The third kappa shape index (κ3) is 2.07. The van der Waals surface area contributed by atoms with E-state index in [1.807, 2.05) is 18.2 Å². The highest BCUT2D eigenvalue weighted by atomic mass is 79.9. The molecular formula is C14H15BrN2. The van der Waals surface area contributed by atoms with Crippen molar-refractivity contribution in [1.29, 1.82) is 5.26 Å². The lowest BCUT2D eigenvalue weighted by Gasteiger charge is -2.24. The van der Waals surface area contributed by atoms with E-state index in [0.29, 0.717) is 6.04 Å². The average molecular weight is 291 g/mol. The Morgan fingerprint density at radius 2 is 2.18 bits per heavy atom. The highest BCUT2D eigenvalue weighted by molar-refractivity contribution is 9.10. The molecule has 88 valence electrons. The first-order valence-corrected chi connectivity index (χ1v) is 7.02. The van der Waals surface area contributed by atoms with Crippen LogP contribution in [0.5, 0.6) is 0 Å². The minimum atomic E-state index is 0.585. The summed E-state index contributed by atoms with van der Waals surface area (Å²) < 4.78 is 0.965. The van der Waals surface area contributed by atoms with Crippen molar-refractivity contribution in [2.45, 2.75) is 31.7 Å². The maximum Gasteiger partial charge on any atom is 0.101 e. The van der Waals surface area contributed by atoms with Crippen LogP contribution in [0.2, 0.25) is 0 Å². The zero-order valence-corrected chi connectivity index (χ0v) is 11.2. The van der Waals surface area contributed by atoms with Crippen LogP contribution >= 0.6 is 15.9 Å². The molecule has 2 nitrogen and oxygen atoms in total. The highest BCUT2D eigenvalue weighted by Crippen LogP contribution is 2.45.